The Balaban J connectivity index is 1.62. The predicted molar refractivity (Wildman–Crippen MR) is 133 cm³/mol. The Kier molecular flexibility index (Phi) is 7.98. The van der Waals surface area contributed by atoms with E-state index in [2.05, 4.69) is 34.9 Å². The number of likely N-dealkylation sites (tertiary alicyclic amines) is 1. The van der Waals surface area contributed by atoms with E-state index in [0.717, 1.165) is 80.0 Å². The van der Waals surface area contributed by atoms with Crippen molar-refractivity contribution in [3.63, 3.8) is 0 Å². The van der Waals surface area contributed by atoms with E-state index in [1.165, 1.54) is 0 Å². The second-order valence-corrected chi connectivity index (χ2v) is 9.41. The van der Waals surface area contributed by atoms with E-state index in [1.54, 1.807) is 6.92 Å². The fourth-order valence-electron chi connectivity index (χ4n) is 5.17. The fourth-order valence-corrected chi connectivity index (χ4v) is 5.17. The van der Waals surface area contributed by atoms with Crippen LogP contribution in [0.15, 0.2) is 18.2 Å². The lowest BCUT2D eigenvalue weighted by atomic mass is 9.99. The molecule has 0 spiro atoms. The second kappa shape index (κ2) is 11.1. The first-order chi connectivity index (χ1) is 16.5. The Morgan fingerprint density at radius 2 is 1.91 bits per heavy atom. The van der Waals surface area contributed by atoms with Gasteiger partial charge in [0, 0.05) is 44.5 Å². The molecule has 0 saturated carbocycles. The summed E-state index contributed by atoms with van der Waals surface area (Å²) in [5, 5.41) is 1.06. The van der Waals surface area contributed by atoms with Gasteiger partial charge in [-0.15, -0.1) is 0 Å². The summed E-state index contributed by atoms with van der Waals surface area (Å²) in [6, 6.07) is 6.41. The molecular formula is C26H37N5O3. The van der Waals surface area contributed by atoms with Crippen LogP contribution in [0.3, 0.4) is 0 Å². The highest BCUT2D eigenvalue weighted by molar-refractivity contribution is 5.91. The molecule has 2 saturated heterocycles. The maximum absolute atomic E-state index is 12.2. The average Bonchev–Trinajstić information content (AvgIpc) is 3.07. The van der Waals surface area contributed by atoms with Crippen molar-refractivity contribution in [1.29, 1.82) is 0 Å². The van der Waals surface area contributed by atoms with Gasteiger partial charge in [0.05, 0.1) is 25.1 Å². The highest BCUT2D eigenvalue weighted by Crippen LogP contribution is 2.29. The van der Waals surface area contributed by atoms with Crippen LogP contribution in [0, 0.1) is 6.92 Å². The average molecular weight is 468 g/mol. The highest BCUT2D eigenvalue weighted by atomic mass is 16.5. The fraction of sp³-hybridized carbons (Fsp3) is 0.615. The number of anilines is 1. The Morgan fingerprint density at radius 1 is 1.06 bits per heavy atom. The number of ether oxygens (including phenoxy) is 1. The smallest absolute Gasteiger partial charge is 0.307 e. The Hall–Kier alpha value is -2.74. The minimum Gasteiger partial charge on any atom is -0.466 e. The maximum atomic E-state index is 12.2. The molecule has 2 aliphatic rings. The number of aromatic nitrogens is 2. The molecule has 1 aromatic heterocycles. The lowest BCUT2D eigenvalue weighted by Gasteiger charge is -2.35. The Bertz CT molecular complexity index is 1030. The first-order valence-corrected chi connectivity index (χ1v) is 12.6. The van der Waals surface area contributed by atoms with E-state index >= 15 is 0 Å². The summed E-state index contributed by atoms with van der Waals surface area (Å²) < 4.78 is 5.22. The molecule has 8 nitrogen and oxygen atoms in total. The maximum Gasteiger partial charge on any atom is 0.307 e. The zero-order valence-corrected chi connectivity index (χ0v) is 20.8. The number of para-hydroxylation sites is 1. The number of hydrogen-bond acceptors (Lipinski definition) is 7. The summed E-state index contributed by atoms with van der Waals surface area (Å²) in [5.74, 6) is 1.74. The van der Waals surface area contributed by atoms with Crippen LogP contribution >= 0.6 is 0 Å². The van der Waals surface area contributed by atoms with Gasteiger partial charge in [-0.1, -0.05) is 18.6 Å². The van der Waals surface area contributed by atoms with Crippen LogP contribution in [0.1, 0.15) is 57.3 Å². The summed E-state index contributed by atoms with van der Waals surface area (Å²) in [6.07, 6.45) is 4.57. The Morgan fingerprint density at radius 3 is 2.71 bits per heavy atom. The molecule has 8 heteroatoms. The molecule has 0 N–H and O–H groups in total. The van der Waals surface area contributed by atoms with Gasteiger partial charge in [0.1, 0.15) is 11.6 Å². The van der Waals surface area contributed by atoms with Crippen molar-refractivity contribution in [2.75, 3.05) is 44.2 Å². The van der Waals surface area contributed by atoms with Crippen molar-refractivity contribution in [2.24, 2.45) is 0 Å². The first-order valence-electron chi connectivity index (χ1n) is 12.6. The van der Waals surface area contributed by atoms with Gasteiger partial charge in [-0.2, -0.15) is 0 Å². The number of piperidine rings is 1. The number of aryl methyl sites for hydroxylation is 1. The third-order valence-corrected chi connectivity index (χ3v) is 7.00. The zero-order valence-electron chi connectivity index (χ0n) is 20.8. The summed E-state index contributed by atoms with van der Waals surface area (Å²) in [4.78, 5) is 40.7. The van der Waals surface area contributed by atoms with Gasteiger partial charge in [0.15, 0.2) is 0 Å². The number of carbonyl (C=O) groups excluding carboxylic acids is 2. The molecule has 0 bridgehead atoms. The van der Waals surface area contributed by atoms with Crippen molar-refractivity contribution in [3.05, 3.63) is 29.6 Å². The lowest BCUT2D eigenvalue weighted by molar-refractivity contribution is -0.145. The molecule has 2 aliphatic heterocycles. The van der Waals surface area contributed by atoms with Gasteiger partial charge in [-0.25, -0.2) is 9.97 Å². The van der Waals surface area contributed by atoms with E-state index in [1.807, 2.05) is 11.8 Å². The monoisotopic (exact) mass is 467 g/mol. The third-order valence-electron chi connectivity index (χ3n) is 7.00. The summed E-state index contributed by atoms with van der Waals surface area (Å²) in [5.41, 5.74) is 2.11. The standard InChI is InChI=1S/C26H37N5O3/c1-4-34-24(33)17-21-10-5-6-12-31(21)18-23-27-25-19(2)9-7-11-22(25)26(28-23)30-14-8-13-29(15-16-30)20(3)32/h7,9,11,21H,4-6,8,10,12-18H2,1-3H3/t21-/m1/s1. The quantitative estimate of drug-likeness (QED) is 0.603. The normalized spacial score (nSPS) is 19.8. The number of amides is 1. The molecule has 34 heavy (non-hydrogen) atoms. The molecule has 2 fully saturated rings. The summed E-state index contributed by atoms with van der Waals surface area (Å²) in [6.45, 7) is 10.7. The zero-order chi connectivity index (χ0) is 24.1. The van der Waals surface area contributed by atoms with Crippen molar-refractivity contribution >= 4 is 28.6 Å². The van der Waals surface area contributed by atoms with Crippen LogP contribution in [0.5, 0.6) is 0 Å². The molecule has 4 rings (SSSR count). The highest BCUT2D eigenvalue weighted by Gasteiger charge is 2.27. The molecule has 0 radical (unpaired) electrons. The second-order valence-electron chi connectivity index (χ2n) is 9.41. The molecular weight excluding hydrogens is 430 g/mol. The van der Waals surface area contributed by atoms with E-state index in [4.69, 9.17) is 14.7 Å². The van der Waals surface area contributed by atoms with Gasteiger partial charge < -0.3 is 14.5 Å². The van der Waals surface area contributed by atoms with Crippen molar-refractivity contribution < 1.29 is 14.3 Å². The van der Waals surface area contributed by atoms with Crippen molar-refractivity contribution in [1.82, 2.24) is 19.8 Å². The molecule has 3 heterocycles. The van der Waals surface area contributed by atoms with Crippen LogP contribution in [-0.2, 0) is 20.9 Å². The van der Waals surface area contributed by atoms with Crippen LogP contribution in [0.25, 0.3) is 10.9 Å². The number of carbonyl (C=O) groups is 2. The van der Waals surface area contributed by atoms with Gasteiger partial charge in [-0.05, 0) is 51.3 Å². The van der Waals surface area contributed by atoms with Gasteiger partial charge in [-0.3, -0.25) is 14.5 Å². The van der Waals surface area contributed by atoms with E-state index in [9.17, 15) is 9.59 Å². The number of rotatable bonds is 6. The number of benzene rings is 1. The molecule has 184 valence electrons. The summed E-state index contributed by atoms with van der Waals surface area (Å²) in [7, 11) is 0. The molecule has 0 aliphatic carbocycles. The SMILES string of the molecule is CCOC(=O)C[C@H]1CCCCN1Cc1nc(N2CCCN(C(C)=O)CC2)c2cccc(C)c2n1. The number of esters is 1. The minimum absolute atomic E-state index is 0.128. The lowest BCUT2D eigenvalue weighted by Crippen LogP contribution is -2.41. The molecule has 1 atom stereocenters. The molecule has 0 unspecified atom stereocenters. The van der Waals surface area contributed by atoms with E-state index in [-0.39, 0.29) is 17.9 Å². The van der Waals surface area contributed by atoms with Crippen molar-refractivity contribution in [2.45, 2.75) is 65.5 Å². The minimum atomic E-state index is -0.130. The molecule has 1 aromatic carbocycles. The number of hydrogen-bond donors (Lipinski definition) is 0. The van der Waals surface area contributed by atoms with Crippen LogP contribution in [0.4, 0.5) is 5.82 Å². The first kappa shape index (κ1) is 24.4. The number of nitrogens with zero attached hydrogens (tertiary/aromatic N) is 5. The number of fused-ring (bicyclic) bond motifs is 1. The molecule has 1 amide bonds. The van der Waals surface area contributed by atoms with E-state index in [0.29, 0.717) is 26.1 Å². The summed E-state index contributed by atoms with van der Waals surface area (Å²) >= 11 is 0. The van der Waals surface area contributed by atoms with Gasteiger partial charge >= 0.3 is 5.97 Å². The largest absolute Gasteiger partial charge is 0.466 e. The predicted octanol–water partition coefficient (Wildman–Crippen LogP) is 3.30. The van der Waals surface area contributed by atoms with Crippen LogP contribution < -0.4 is 4.90 Å². The van der Waals surface area contributed by atoms with E-state index < -0.39 is 0 Å². The molecule has 2 aromatic rings. The topological polar surface area (TPSA) is 78.9 Å². The third kappa shape index (κ3) is 5.66. The van der Waals surface area contributed by atoms with Crippen LogP contribution in [-0.4, -0.2) is 77.0 Å². The Labute approximate surface area is 202 Å². The van der Waals surface area contributed by atoms with Crippen LogP contribution in [0.2, 0.25) is 0 Å². The van der Waals surface area contributed by atoms with Crippen molar-refractivity contribution in [3.8, 4) is 0 Å². The van der Waals surface area contributed by atoms with Gasteiger partial charge in [0.25, 0.3) is 0 Å². The van der Waals surface area contributed by atoms with Gasteiger partial charge in [0.2, 0.25) is 5.91 Å².